The van der Waals surface area contributed by atoms with E-state index in [4.69, 9.17) is 0 Å². The Balaban J connectivity index is 2.19. The number of hydrogen-bond donors (Lipinski definition) is 2. The largest absolute Gasteiger partial charge is 0.296 e. The molecule has 1 unspecified atom stereocenters. The van der Waals surface area contributed by atoms with Crippen LogP contribution in [0.4, 0.5) is 0 Å². The molecule has 28 heavy (non-hydrogen) atoms. The van der Waals surface area contributed by atoms with E-state index in [1.807, 2.05) is 91.0 Å². The Labute approximate surface area is 165 Å². The fraction of sp³-hybridized carbons (Fsp3) is 0.136. The van der Waals surface area contributed by atoms with Gasteiger partial charge in [0, 0.05) is 17.2 Å². The van der Waals surface area contributed by atoms with Crippen LogP contribution < -0.4 is 16.1 Å². The zero-order valence-electron chi connectivity index (χ0n) is 15.6. The molecule has 3 rings (SSSR count). The van der Waals surface area contributed by atoms with Gasteiger partial charge in [-0.15, -0.1) is 0 Å². The summed E-state index contributed by atoms with van der Waals surface area (Å²) in [6, 6.07) is 27.1. The lowest BCUT2D eigenvalue weighted by Crippen LogP contribution is -2.45. The third-order valence-corrected chi connectivity index (χ3v) is 7.91. The molecular weight excluding hydrogens is 371 g/mol. The minimum Gasteiger partial charge on any atom is -0.296 e. The van der Waals surface area contributed by atoms with Crippen molar-refractivity contribution in [1.82, 2.24) is 10.2 Å². The third kappa shape index (κ3) is 4.07. The molecule has 0 aliphatic heterocycles. The number of nitrogens with one attached hydrogen (secondary N) is 1. The predicted octanol–water partition coefficient (Wildman–Crippen LogP) is 3.31. The molecule has 0 bridgehead atoms. The summed E-state index contributed by atoms with van der Waals surface area (Å²) in [5, 5.41) is 10.5. The number of carbonyl (C=O) groups is 1. The topological polar surface area (TPSA) is 69.6 Å². The number of rotatable bonds is 7. The van der Waals surface area contributed by atoms with Crippen LogP contribution in [-0.4, -0.2) is 21.8 Å². The summed E-state index contributed by atoms with van der Waals surface area (Å²) in [5.41, 5.74) is 2.63. The summed E-state index contributed by atoms with van der Waals surface area (Å²) in [5.74, 6) is -0.608. The van der Waals surface area contributed by atoms with Crippen LogP contribution in [0.1, 0.15) is 12.5 Å². The standard InChI is InChI=1S/C22H23N2O3P/c1-18(22(25)23-26)24(17-19-11-5-2-6-12-19)28(27,20-13-7-3-8-14-20)21-15-9-4-10-16-21/h2-16,18,26H,17H2,1H3,(H,23,25). The monoisotopic (exact) mass is 394 g/mol. The second kappa shape index (κ2) is 8.98. The molecule has 6 heteroatoms. The molecule has 0 saturated heterocycles. The maximum atomic E-state index is 14.6. The van der Waals surface area contributed by atoms with Crippen molar-refractivity contribution >= 4 is 23.8 Å². The molecule has 2 N–H and O–H groups in total. The van der Waals surface area contributed by atoms with Gasteiger partial charge < -0.3 is 0 Å². The van der Waals surface area contributed by atoms with Crippen LogP contribution in [-0.2, 0) is 15.9 Å². The zero-order chi connectivity index (χ0) is 20.0. The summed E-state index contributed by atoms with van der Waals surface area (Å²) in [7, 11) is -3.36. The quantitative estimate of drug-likeness (QED) is 0.367. The van der Waals surface area contributed by atoms with Crippen LogP contribution in [0.3, 0.4) is 0 Å². The number of hydrogen-bond acceptors (Lipinski definition) is 3. The molecule has 1 atom stereocenters. The first-order valence-electron chi connectivity index (χ1n) is 9.03. The van der Waals surface area contributed by atoms with E-state index in [9.17, 15) is 14.6 Å². The third-order valence-electron chi connectivity index (χ3n) is 4.70. The summed E-state index contributed by atoms with van der Waals surface area (Å²) in [6.45, 7) is 1.93. The highest BCUT2D eigenvalue weighted by molar-refractivity contribution is 7.76. The minimum atomic E-state index is -3.36. The molecule has 1 amide bonds. The van der Waals surface area contributed by atoms with Crippen LogP contribution >= 0.6 is 7.29 Å². The Bertz CT molecular complexity index is 906. The molecular formula is C22H23N2O3P. The van der Waals surface area contributed by atoms with Gasteiger partial charge in [-0.25, -0.2) is 10.2 Å². The molecule has 0 spiro atoms. The molecule has 3 aromatic rings. The van der Waals surface area contributed by atoms with Gasteiger partial charge in [-0.05, 0) is 36.8 Å². The van der Waals surface area contributed by atoms with Gasteiger partial charge in [0.1, 0.15) is 0 Å². The molecule has 0 aliphatic carbocycles. The van der Waals surface area contributed by atoms with E-state index in [0.29, 0.717) is 10.6 Å². The van der Waals surface area contributed by atoms with Crippen LogP contribution in [0.15, 0.2) is 91.0 Å². The van der Waals surface area contributed by atoms with Gasteiger partial charge in [0.15, 0.2) is 0 Å². The molecule has 0 heterocycles. The summed E-state index contributed by atoms with van der Waals surface area (Å²) < 4.78 is 16.3. The molecule has 0 radical (unpaired) electrons. The molecule has 0 aromatic heterocycles. The van der Waals surface area contributed by atoms with Gasteiger partial charge in [0.25, 0.3) is 5.91 Å². The molecule has 0 fully saturated rings. The van der Waals surface area contributed by atoms with Crippen molar-refractivity contribution in [2.24, 2.45) is 0 Å². The van der Waals surface area contributed by atoms with Gasteiger partial charge in [0.05, 0.1) is 6.04 Å². The highest BCUT2D eigenvalue weighted by Crippen LogP contribution is 2.49. The number of carbonyl (C=O) groups excluding carboxylic acids is 1. The highest BCUT2D eigenvalue weighted by atomic mass is 31.2. The lowest BCUT2D eigenvalue weighted by Gasteiger charge is -2.36. The van der Waals surface area contributed by atoms with Crippen LogP contribution in [0.2, 0.25) is 0 Å². The maximum Gasteiger partial charge on any atom is 0.260 e. The number of nitrogens with zero attached hydrogens (tertiary/aromatic N) is 1. The fourth-order valence-corrected chi connectivity index (χ4v) is 6.18. The molecule has 5 nitrogen and oxygen atoms in total. The first kappa shape index (κ1) is 20.0. The predicted molar refractivity (Wildman–Crippen MR) is 111 cm³/mol. The Morgan fingerprint density at radius 3 is 1.75 bits per heavy atom. The van der Waals surface area contributed by atoms with Crippen molar-refractivity contribution in [2.45, 2.75) is 19.5 Å². The average Bonchev–Trinajstić information content (AvgIpc) is 2.78. The lowest BCUT2D eigenvalue weighted by molar-refractivity contribution is -0.132. The van der Waals surface area contributed by atoms with Crippen molar-refractivity contribution < 1.29 is 14.6 Å². The van der Waals surface area contributed by atoms with Gasteiger partial charge in [-0.3, -0.25) is 14.6 Å². The van der Waals surface area contributed by atoms with E-state index in [0.717, 1.165) is 5.56 Å². The Morgan fingerprint density at radius 2 is 1.32 bits per heavy atom. The van der Waals surface area contributed by atoms with Crippen molar-refractivity contribution in [2.75, 3.05) is 0 Å². The first-order chi connectivity index (χ1) is 13.6. The lowest BCUT2D eigenvalue weighted by atomic mass is 10.2. The molecule has 144 valence electrons. The summed E-state index contributed by atoms with van der Waals surface area (Å²) in [4.78, 5) is 12.3. The van der Waals surface area contributed by atoms with Crippen LogP contribution in [0.5, 0.6) is 0 Å². The van der Waals surface area contributed by atoms with E-state index in [1.54, 1.807) is 17.1 Å². The maximum absolute atomic E-state index is 14.6. The number of amides is 1. The van der Waals surface area contributed by atoms with Crippen LogP contribution in [0.25, 0.3) is 0 Å². The Hall–Kier alpha value is -2.72. The Kier molecular flexibility index (Phi) is 6.42. The van der Waals surface area contributed by atoms with E-state index >= 15 is 0 Å². The van der Waals surface area contributed by atoms with E-state index in [1.165, 1.54) is 0 Å². The van der Waals surface area contributed by atoms with Gasteiger partial charge in [-0.1, -0.05) is 66.7 Å². The van der Waals surface area contributed by atoms with Crippen LogP contribution in [0, 0.1) is 0 Å². The zero-order valence-corrected chi connectivity index (χ0v) is 16.5. The van der Waals surface area contributed by atoms with Gasteiger partial charge in [-0.2, -0.15) is 0 Å². The SMILES string of the molecule is CC(C(=O)NO)N(Cc1ccccc1)P(=O)(c1ccccc1)c1ccccc1. The molecule has 0 aliphatic rings. The number of hydroxylamine groups is 1. The van der Waals surface area contributed by atoms with E-state index < -0.39 is 19.2 Å². The minimum absolute atomic E-state index is 0.288. The van der Waals surface area contributed by atoms with Crippen molar-refractivity contribution in [3.8, 4) is 0 Å². The second-order valence-corrected chi connectivity index (χ2v) is 9.18. The number of benzene rings is 3. The normalized spacial score (nSPS) is 12.5. The van der Waals surface area contributed by atoms with Crippen molar-refractivity contribution in [3.63, 3.8) is 0 Å². The second-order valence-electron chi connectivity index (χ2n) is 6.48. The highest BCUT2D eigenvalue weighted by Gasteiger charge is 2.39. The van der Waals surface area contributed by atoms with Crippen molar-refractivity contribution in [3.05, 3.63) is 96.6 Å². The molecule has 0 saturated carbocycles. The van der Waals surface area contributed by atoms with E-state index in [-0.39, 0.29) is 6.54 Å². The fourth-order valence-electron chi connectivity index (χ4n) is 3.19. The van der Waals surface area contributed by atoms with Gasteiger partial charge in [0.2, 0.25) is 7.29 Å². The van der Waals surface area contributed by atoms with Gasteiger partial charge >= 0.3 is 0 Å². The van der Waals surface area contributed by atoms with E-state index in [2.05, 4.69) is 0 Å². The molecule has 3 aromatic carbocycles. The van der Waals surface area contributed by atoms with Crippen molar-refractivity contribution in [1.29, 1.82) is 0 Å². The smallest absolute Gasteiger partial charge is 0.260 e. The summed E-state index contributed by atoms with van der Waals surface area (Å²) >= 11 is 0. The average molecular weight is 394 g/mol. The Morgan fingerprint density at radius 1 is 0.893 bits per heavy atom. The summed E-state index contributed by atoms with van der Waals surface area (Å²) in [6.07, 6.45) is 0. The first-order valence-corrected chi connectivity index (χ1v) is 10.7.